The summed E-state index contributed by atoms with van der Waals surface area (Å²) in [6.07, 6.45) is 32.5. The Kier molecular flexibility index (Phi) is 27.6. The molecular formula is C33H65NO5S. The lowest BCUT2D eigenvalue weighted by Crippen LogP contribution is -2.46. The van der Waals surface area contributed by atoms with Crippen molar-refractivity contribution < 1.29 is 22.9 Å². The largest absolute Gasteiger partial charge is 0.387 e. The number of nitrogens with one attached hydrogen (secondary N) is 1. The third-order valence-electron chi connectivity index (χ3n) is 7.71. The van der Waals surface area contributed by atoms with E-state index in [1.54, 1.807) is 0 Å². The Balaban J connectivity index is 3.72. The molecule has 0 saturated carbocycles. The van der Waals surface area contributed by atoms with Crippen molar-refractivity contribution in [3.8, 4) is 0 Å². The molecule has 2 unspecified atom stereocenters. The van der Waals surface area contributed by atoms with Crippen LogP contribution in [-0.2, 0) is 14.9 Å². The first-order chi connectivity index (χ1) is 19.3. The fraction of sp³-hybridized carbons (Fsp3) is 0.909. The first-order valence-electron chi connectivity index (χ1n) is 16.9. The fourth-order valence-corrected chi connectivity index (χ4v) is 5.89. The summed E-state index contributed by atoms with van der Waals surface area (Å²) >= 11 is 0. The normalized spacial score (nSPS) is 13.6. The lowest BCUT2D eigenvalue weighted by atomic mass is 10.0. The maximum Gasteiger partial charge on any atom is 0.267 e. The Morgan fingerprint density at radius 3 is 1.43 bits per heavy atom. The van der Waals surface area contributed by atoms with Gasteiger partial charge in [-0.3, -0.25) is 9.35 Å². The second kappa shape index (κ2) is 28.2. The number of hydrogen-bond acceptors (Lipinski definition) is 4. The highest BCUT2D eigenvalue weighted by atomic mass is 32.2. The van der Waals surface area contributed by atoms with E-state index in [1.165, 1.54) is 115 Å². The van der Waals surface area contributed by atoms with Crippen LogP contribution in [0.25, 0.3) is 0 Å². The van der Waals surface area contributed by atoms with Crippen LogP contribution in [0.15, 0.2) is 12.2 Å². The number of carbonyl (C=O) groups is 1. The van der Waals surface area contributed by atoms with Crippen LogP contribution in [0.1, 0.15) is 174 Å². The van der Waals surface area contributed by atoms with Crippen molar-refractivity contribution in [3.63, 3.8) is 0 Å². The van der Waals surface area contributed by atoms with E-state index in [2.05, 4.69) is 19.2 Å². The van der Waals surface area contributed by atoms with Gasteiger partial charge in [-0.05, 0) is 19.3 Å². The van der Waals surface area contributed by atoms with Gasteiger partial charge in [0, 0.05) is 6.42 Å². The molecule has 0 radical (unpaired) electrons. The summed E-state index contributed by atoms with van der Waals surface area (Å²) in [5.74, 6) is -0.979. The Bertz CT molecular complexity index is 695. The number of amides is 1. The zero-order chi connectivity index (χ0) is 29.7. The predicted molar refractivity (Wildman–Crippen MR) is 170 cm³/mol. The molecule has 1 amide bonds. The summed E-state index contributed by atoms with van der Waals surface area (Å²) < 4.78 is 31.9. The van der Waals surface area contributed by atoms with Gasteiger partial charge >= 0.3 is 0 Å². The van der Waals surface area contributed by atoms with E-state index >= 15 is 0 Å². The highest BCUT2D eigenvalue weighted by Gasteiger charge is 2.24. The van der Waals surface area contributed by atoms with E-state index in [-0.39, 0.29) is 5.91 Å². The molecule has 3 N–H and O–H groups in total. The molecule has 0 rings (SSSR count). The summed E-state index contributed by atoms with van der Waals surface area (Å²) in [5.41, 5.74) is 0. The minimum atomic E-state index is -4.32. The number of hydrogen-bond donors (Lipinski definition) is 3. The third kappa shape index (κ3) is 28.6. The summed E-state index contributed by atoms with van der Waals surface area (Å²) in [7, 11) is -4.32. The fourth-order valence-electron chi connectivity index (χ4n) is 5.15. The van der Waals surface area contributed by atoms with Crippen molar-refractivity contribution in [1.82, 2.24) is 5.32 Å². The van der Waals surface area contributed by atoms with Crippen LogP contribution >= 0.6 is 0 Å². The molecule has 0 aromatic carbocycles. The summed E-state index contributed by atoms with van der Waals surface area (Å²) in [4.78, 5) is 12.3. The molecule has 0 bridgehead atoms. The second-order valence-corrected chi connectivity index (χ2v) is 13.3. The first kappa shape index (κ1) is 39.1. The molecule has 7 heteroatoms. The van der Waals surface area contributed by atoms with Gasteiger partial charge in [-0.15, -0.1) is 0 Å². The Morgan fingerprint density at radius 2 is 1.02 bits per heavy atom. The highest BCUT2D eigenvalue weighted by Crippen LogP contribution is 2.15. The molecule has 0 saturated heterocycles. The summed E-state index contributed by atoms with van der Waals surface area (Å²) in [5, 5.41) is 12.9. The zero-order valence-corrected chi connectivity index (χ0v) is 27.0. The zero-order valence-electron chi connectivity index (χ0n) is 26.2. The van der Waals surface area contributed by atoms with Gasteiger partial charge in [0.1, 0.15) is 0 Å². The number of aliphatic hydroxyl groups excluding tert-OH is 1. The van der Waals surface area contributed by atoms with Gasteiger partial charge in [0.25, 0.3) is 10.1 Å². The average molecular weight is 588 g/mol. The van der Waals surface area contributed by atoms with Crippen molar-refractivity contribution >= 4 is 16.0 Å². The van der Waals surface area contributed by atoms with Gasteiger partial charge in [-0.2, -0.15) is 8.42 Å². The van der Waals surface area contributed by atoms with Crippen molar-refractivity contribution in [2.24, 2.45) is 0 Å². The van der Waals surface area contributed by atoms with Crippen molar-refractivity contribution in [2.45, 2.75) is 187 Å². The van der Waals surface area contributed by atoms with Gasteiger partial charge in [0.15, 0.2) is 0 Å². The molecule has 0 fully saturated rings. The molecule has 238 valence electrons. The second-order valence-electron chi connectivity index (χ2n) is 11.8. The minimum absolute atomic E-state index is 0.283. The SMILES string of the molecule is CCCCC/C=C/C(O)C(CS(=O)(=O)O)NC(=O)CCCCCCCCCCCCCCCCCCCCCC. The van der Waals surface area contributed by atoms with Gasteiger partial charge in [0.05, 0.1) is 17.9 Å². The maximum absolute atomic E-state index is 12.3. The Hall–Kier alpha value is -0.920. The molecule has 0 aliphatic rings. The molecule has 0 aliphatic carbocycles. The van der Waals surface area contributed by atoms with Gasteiger partial charge in [-0.1, -0.05) is 161 Å². The van der Waals surface area contributed by atoms with Crippen LogP contribution in [0.2, 0.25) is 0 Å². The molecule has 0 aliphatic heterocycles. The third-order valence-corrected chi connectivity index (χ3v) is 8.49. The number of allylic oxidation sites excluding steroid dienone is 1. The lowest BCUT2D eigenvalue weighted by Gasteiger charge is -2.21. The standard InChI is InChI=1S/C33H65NO5S/c1-3-5-7-9-10-11-12-13-14-15-16-17-18-19-20-21-22-23-25-27-29-33(36)34-31(30-40(37,38)39)32(35)28-26-24-8-6-4-2/h26,28,31-32,35H,3-25,27,29-30H2,1-2H3,(H,34,36)(H,37,38,39)/b28-26+. The van der Waals surface area contributed by atoms with Crippen LogP contribution in [0, 0.1) is 0 Å². The number of unbranched alkanes of at least 4 members (excludes halogenated alkanes) is 22. The Labute approximate surface area is 248 Å². The molecule has 0 heterocycles. The summed E-state index contributed by atoms with van der Waals surface area (Å²) in [6, 6.07) is -1.05. The van der Waals surface area contributed by atoms with Gasteiger partial charge in [0.2, 0.25) is 5.91 Å². The van der Waals surface area contributed by atoms with E-state index in [0.29, 0.717) is 6.42 Å². The topological polar surface area (TPSA) is 104 Å². The number of aliphatic hydroxyl groups is 1. The van der Waals surface area contributed by atoms with E-state index in [0.717, 1.165) is 44.9 Å². The van der Waals surface area contributed by atoms with Gasteiger partial charge in [-0.25, -0.2) is 0 Å². The summed E-state index contributed by atoms with van der Waals surface area (Å²) in [6.45, 7) is 4.38. The first-order valence-corrected chi connectivity index (χ1v) is 18.5. The van der Waals surface area contributed by atoms with E-state index in [9.17, 15) is 22.9 Å². The average Bonchev–Trinajstić information content (AvgIpc) is 2.90. The minimum Gasteiger partial charge on any atom is -0.387 e. The van der Waals surface area contributed by atoms with Gasteiger partial charge < -0.3 is 10.4 Å². The smallest absolute Gasteiger partial charge is 0.267 e. The quantitative estimate of drug-likeness (QED) is 0.0442. The van der Waals surface area contributed by atoms with E-state index in [4.69, 9.17) is 0 Å². The van der Waals surface area contributed by atoms with Crippen LogP contribution in [0.5, 0.6) is 0 Å². The molecule has 0 aromatic rings. The van der Waals surface area contributed by atoms with Crippen LogP contribution in [0.4, 0.5) is 0 Å². The van der Waals surface area contributed by atoms with Crippen molar-refractivity contribution in [2.75, 3.05) is 5.75 Å². The molecule has 0 aromatic heterocycles. The molecule has 6 nitrogen and oxygen atoms in total. The highest BCUT2D eigenvalue weighted by molar-refractivity contribution is 7.85. The Morgan fingerprint density at radius 1 is 0.650 bits per heavy atom. The van der Waals surface area contributed by atoms with E-state index < -0.39 is 28.0 Å². The monoisotopic (exact) mass is 587 g/mol. The molecule has 0 spiro atoms. The molecule has 2 atom stereocenters. The maximum atomic E-state index is 12.3. The van der Waals surface area contributed by atoms with Crippen molar-refractivity contribution in [3.05, 3.63) is 12.2 Å². The van der Waals surface area contributed by atoms with Crippen LogP contribution < -0.4 is 5.32 Å². The lowest BCUT2D eigenvalue weighted by molar-refractivity contribution is -0.122. The number of rotatable bonds is 30. The molecule has 40 heavy (non-hydrogen) atoms. The molecular weight excluding hydrogens is 522 g/mol. The number of carbonyl (C=O) groups excluding carboxylic acids is 1. The van der Waals surface area contributed by atoms with Crippen LogP contribution in [-0.4, -0.2) is 41.9 Å². The predicted octanol–water partition coefficient (Wildman–Crippen LogP) is 9.07. The van der Waals surface area contributed by atoms with E-state index in [1.807, 2.05) is 6.08 Å². The van der Waals surface area contributed by atoms with Crippen LogP contribution in [0.3, 0.4) is 0 Å². The van der Waals surface area contributed by atoms with Crippen molar-refractivity contribution in [1.29, 1.82) is 0 Å².